The van der Waals surface area contributed by atoms with Crippen LogP contribution >= 0.6 is 0 Å². The summed E-state index contributed by atoms with van der Waals surface area (Å²) < 4.78 is 0. The van der Waals surface area contributed by atoms with Crippen LogP contribution in [-0.4, -0.2) is 27.0 Å². The quantitative estimate of drug-likeness (QED) is 0.704. The number of amides is 1. The summed E-state index contributed by atoms with van der Waals surface area (Å²) >= 11 is 0. The van der Waals surface area contributed by atoms with Gasteiger partial charge in [0.1, 0.15) is 16.7 Å². The first-order valence-corrected chi connectivity index (χ1v) is 6.11. The van der Waals surface area contributed by atoms with E-state index in [2.05, 4.69) is 25.7 Å². The van der Waals surface area contributed by atoms with E-state index in [-0.39, 0.29) is 5.91 Å². The number of fused-ring (bicyclic) bond motifs is 2. The van der Waals surface area contributed by atoms with Crippen molar-refractivity contribution in [2.75, 3.05) is 5.32 Å². The molecule has 0 radical (unpaired) electrons. The summed E-state index contributed by atoms with van der Waals surface area (Å²) in [7, 11) is 0. The Morgan fingerprint density at radius 1 is 1.00 bits per heavy atom. The van der Waals surface area contributed by atoms with Crippen molar-refractivity contribution in [2.45, 2.75) is 0 Å². The maximum absolute atomic E-state index is 12.0. The van der Waals surface area contributed by atoms with Gasteiger partial charge >= 0.3 is 0 Å². The Hall–Kier alpha value is -3.02. The molecule has 6 heteroatoms. The number of hydrogen-bond donors (Lipinski definition) is 2. The monoisotopic (exact) mass is 263 g/mol. The van der Waals surface area contributed by atoms with Crippen LogP contribution in [0.25, 0.3) is 11.0 Å². The van der Waals surface area contributed by atoms with Crippen LogP contribution in [0.2, 0.25) is 0 Å². The van der Waals surface area contributed by atoms with Gasteiger partial charge in [-0.3, -0.25) is 4.79 Å². The SMILES string of the molecule is O=C1Nc2ccccc2C1=Nc1ccc2n[nH]nc2c1. The smallest absolute Gasteiger partial charge is 0.275 e. The predicted molar refractivity (Wildman–Crippen MR) is 75.2 cm³/mol. The largest absolute Gasteiger partial charge is 0.320 e. The molecule has 1 amide bonds. The third kappa shape index (κ3) is 1.58. The molecular formula is C14H9N5O. The maximum Gasteiger partial charge on any atom is 0.275 e. The minimum Gasteiger partial charge on any atom is -0.320 e. The van der Waals surface area contributed by atoms with Crippen molar-refractivity contribution in [3.63, 3.8) is 0 Å². The lowest BCUT2D eigenvalue weighted by molar-refractivity contribution is -0.110. The molecule has 3 aromatic rings. The van der Waals surface area contributed by atoms with E-state index >= 15 is 0 Å². The molecule has 4 rings (SSSR count). The number of aromatic amines is 1. The fourth-order valence-electron chi connectivity index (χ4n) is 2.24. The third-order valence-corrected chi connectivity index (χ3v) is 3.19. The summed E-state index contributed by atoms with van der Waals surface area (Å²) in [6.45, 7) is 0. The van der Waals surface area contributed by atoms with E-state index in [1.807, 2.05) is 36.4 Å². The Morgan fingerprint density at radius 2 is 1.85 bits per heavy atom. The third-order valence-electron chi connectivity index (χ3n) is 3.19. The van der Waals surface area contributed by atoms with Gasteiger partial charge in [-0.25, -0.2) is 4.99 Å². The van der Waals surface area contributed by atoms with Gasteiger partial charge in [-0.2, -0.15) is 15.4 Å². The van der Waals surface area contributed by atoms with Crippen LogP contribution in [0.15, 0.2) is 47.5 Å². The molecular weight excluding hydrogens is 254 g/mol. The van der Waals surface area contributed by atoms with E-state index < -0.39 is 0 Å². The zero-order valence-corrected chi connectivity index (χ0v) is 10.3. The molecule has 2 N–H and O–H groups in total. The molecule has 0 unspecified atom stereocenters. The highest BCUT2D eigenvalue weighted by Crippen LogP contribution is 2.26. The van der Waals surface area contributed by atoms with Crippen LogP contribution in [-0.2, 0) is 4.79 Å². The molecule has 0 saturated heterocycles. The number of anilines is 1. The van der Waals surface area contributed by atoms with E-state index in [0.717, 1.165) is 22.3 Å². The number of rotatable bonds is 1. The van der Waals surface area contributed by atoms with E-state index in [1.54, 1.807) is 6.07 Å². The number of benzene rings is 2. The molecule has 0 aliphatic carbocycles. The summed E-state index contributed by atoms with van der Waals surface area (Å²) in [5.74, 6) is -0.188. The molecule has 1 aromatic heterocycles. The Morgan fingerprint density at radius 3 is 2.80 bits per heavy atom. The second kappa shape index (κ2) is 3.99. The highest BCUT2D eigenvalue weighted by Gasteiger charge is 2.25. The van der Waals surface area contributed by atoms with E-state index in [4.69, 9.17) is 0 Å². The number of carbonyl (C=O) groups is 1. The highest BCUT2D eigenvalue weighted by atomic mass is 16.2. The summed E-state index contributed by atoms with van der Waals surface area (Å²) in [6.07, 6.45) is 0. The molecule has 2 heterocycles. The van der Waals surface area contributed by atoms with Crippen LogP contribution in [0.1, 0.15) is 5.56 Å². The zero-order chi connectivity index (χ0) is 13.5. The number of para-hydroxylation sites is 1. The lowest BCUT2D eigenvalue weighted by atomic mass is 10.1. The lowest BCUT2D eigenvalue weighted by Crippen LogP contribution is -2.13. The average molecular weight is 263 g/mol. The average Bonchev–Trinajstić information content (AvgIpc) is 3.04. The van der Waals surface area contributed by atoms with Gasteiger partial charge in [-0.1, -0.05) is 18.2 Å². The van der Waals surface area contributed by atoms with Gasteiger partial charge in [0, 0.05) is 5.56 Å². The van der Waals surface area contributed by atoms with Crippen molar-refractivity contribution >= 4 is 34.0 Å². The van der Waals surface area contributed by atoms with Crippen LogP contribution < -0.4 is 5.32 Å². The predicted octanol–water partition coefficient (Wildman–Crippen LogP) is 2.03. The number of aliphatic imine (C=N–C) groups is 1. The zero-order valence-electron chi connectivity index (χ0n) is 10.3. The van der Waals surface area contributed by atoms with Gasteiger partial charge in [0.25, 0.3) is 5.91 Å². The minimum atomic E-state index is -0.188. The molecule has 96 valence electrons. The fraction of sp³-hybridized carbons (Fsp3) is 0. The fourth-order valence-corrected chi connectivity index (χ4v) is 2.24. The van der Waals surface area contributed by atoms with E-state index in [0.29, 0.717) is 11.4 Å². The summed E-state index contributed by atoms with van der Waals surface area (Å²) in [5.41, 5.74) is 4.19. The van der Waals surface area contributed by atoms with Crippen molar-refractivity contribution in [2.24, 2.45) is 4.99 Å². The lowest BCUT2D eigenvalue weighted by Gasteiger charge is -1.97. The Labute approximate surface area is 113 Å². The molecule has 1 aliphatic heterocycles. The van der Waals surface area contributed by atoms with Crippen molar-refractivity contribution < 1.29 is 4.79 Å². The number of aromatic nitrogens is 3. The molecule has 1 aliphatic rings. The van der Waals surface area contributed by atoms with Gasteiger partial charge in [-0.15, -0.1) is 0 Å². The van der Waals surface area contributed by atoms with Gasteiger partial charge in [-0.05, 0) is 24.3 Å². The second-order valence-corrected chi connectivity index (χ2v) is 4.46. The molecule has 0 spiro atoms. The topological polar surface area (TPSA) is 83.0 Å². The molecule has 6 nitrogen and oxygen atoms in total. The van der Waals surface area contributed by atoms with Crippen LogP contribution in [0.4, 0.5) is 11.4 Å². The van der Waals surface area contributed by atoms with Crippen molar-refractivity contribution in [1.29, 1.82) is 0 Å². The first-order valence-electron chi connectivity index (χ1n) is 6.11. The maximum atomic E-state index is 12.0. The molecule has 0 atom stereocenters. The van der Waals surface area contributed by atoms with Crippen LogP contribution in [0.3, 0.4) is 0 Å². The van der Waals surface area contributed by atoms with Gasteiger partial charge < -0.3 is 5.32 Å². The first-order chi connectivity index (χ1) is 9.81. The number of hydrogen-bond acceptors (Lipinski definition) is 4. The van der Waals surface area contributed by atoms with Crippen LogP contribution in [0.5, 0.6) is 0 Å². The van der Waals surface area contributed by atoms with E-state index in [9.17, 15) is 4.79 Å². The van der Waals surface area contributed by atoms with E-state index in [1.165, 1.54) is 0 Å². The normalized spacial score (nSPS) is 15.6. The number of carbonyl (C=O) groups excluding carboxylic acids is 1. The van der Waals surface area contributed by atoms with Gasteiger partial charge in [0.15, 0.2) is 0 Å². The number of nitrogens with zero attached hydrogens (tertiary/aromatic N) is 3. The summed E-state index contributed by atoms with van der Waals surface area (Å²) in [6, 6.07) is 12.9. The molecule has 20 heavy (non-hydrogen) atoms. The standard InChI is InChI=1S/C14H9N5O/c20-14-13(9-3-1-2-4-10(9)16-14)15-8-5-6-11-12(7-8)18-19-17-11/h1-7H,(H,15,16,20)(H,17,18,19). The second-order valence-electron chi connectivity index (χ2n) is 4.46. The molecule has 2 aromatic carbocycles. The van der Waals surface area contributed by atoms with Crippen molar-refractivity contribution in [1.82, 2.24) is 15.4 Å². The molecule has 0 saturated carbocycles. The molecule has 0 bridgehead atoms. The van der Waals surface area contributed by atoms with Crippen LogP contribution in [0, 0.1) is 0 Å². The number of nitrogens with one attached hydrogen (secondary N) is 2. The minimum absolute atomic E-state index is 0.188. The number of H-pyrrole nitrogens is 1. The van der Waals surface area contributed by atoms with Crippen molar-refractivity contribution in [3.8, 4) is 0 Å². The first kappa shape index (κ1) is 10.9. The Kier molecular flexibility index (Phi) is 2.17. The Balaban J connectivity index is 1.85. The molecule has 0 fully saturated rings. The Bertz CT molecular complexity index is 865. The summed E-state index contributed by atoms with van der Waals surface area (Å²) in [5, 5.41) is 13.3. The highest BCUT2D eigenvalue weighted by molar-refractivity contribution is 6.54. The van der Waals surface area contributed by atoms with Gasteiger partial charge in [0.2, 0.25) is 0 Å². The van der Waals surface area contributed by atoms with Gasteiger partial charge in [0.05, 0.1) is 11.4 Å². The van der Waals surface area contributed by atoms with Crippen molar-refractivity contribution in [3.05, 3.63) is 48.0 Å². The summed E-state index contributed by atoms with van der Waals surface area (Å²) in [4.78, 5) is 16.4.